The standard InChI is InChI=1S/C18H24O6/c1-11(2)18(21)24-8-15-6-16(9-22-13(4)19)12(3)17(7-15)10-23-14(5)20/h6-7,11H,8-10H2,1-5H3. The van der Waals surface area contributed by atoms with Crippen molar-refractivity contribution in [3.05, 3.63) is 34.4 Å². The summed E-state index contributed by atoms with van der Waals surface area (Å²) in [5, 5.41) is 0. The summed E-state index contributed by atoms with van der Waals surface area (Å²) >= 11 is 0. The number of ether oxygens (including phenoxy) is 3. The van der Waals surface area contributed by atoms with E-state index in [0.717, 1.165) is 22.3 Å². The molecule has 0 amide bonds. The molecular formula is C18H24O6. The number of hydrogen-bond acceptors (Lipinski definition) is 6. The van der Waals surface area contributed by atoms with Crippen molar-refractivity contribution in [1.82, 2.24) is 0 Å². The summed E-state index contributed by atoms with van der Waals surface area (Å²) < 4.78 is 15.3. The van der Waals surface area contributed by atoms with Gasteiger partial charge in [-0.2, -0.15) is 0 Å². The average molecular weight is 336 g/mol. The molecule has 0 fully saturated rings. The van der Waals surface area contributed by atoms with Gasteiger partial charge in [0.15, 0.2) is 0 Å². The fraction of sp³-hybridized carbons (Fsp3) is 0.500. The summed E-state index contributed by atoms with van der Waals surface area (Å²) in [7, 11) is 0. The highest BCUT2D eigenvalue weighted by Gasteiger charge is 2.13. The Morgan fingerprint density at radius 2 is 1.33 bits per heavy atom. The van der Waals surface area contributed by atoms with Crippen LogP contribution in [0.3, 0.4) is 0 Å². The second-order valence-electron chi connectivity index (χ2n) is 5.86. The number of carbonyl (C=O) groups is 3. The van der Waals surface area contributed by atoms with E-state index < -0.39 is 0 Å². The van der Waals surface area contributed by atoms with Gasteiger partial charge in [-0.25, -0.2) is 0 Å². The summed E-state index contributed by atoms with van der Waals surface area (Å²) in [6.45, 7) is 8.39. The van der Waals surface area contributed by atoms with Gasteiger partial charge in [0, 0.05) is 13.8 Å². The van der Waals surface area contributed by atoms with Crippen molar-refractivity contribution in [2.75, 3.05) is 0 Å². The van der Waals surface area contributed by atoms with Gasteiger partial charge in [-0.1, -0.05) is 13.8 Å². The van der Waals surface area contributed by atoms with Crippen molar-refractivity contribution in [3.63, 3.8) is 0 Å². The van der Waals surface area contributed by atoms with Gasteiger partial charge in [-0.3, -0.25) is 14.4 Å². The molecular weight excluding hydrogens is 312 g/mol. The Bertz CT molecular complexity index is 579. The van der Waals surface area contributed by atoms with E-state index in [1.165, 1.54) is 13.8 Å². The lowest BCUT2D eigenvalue weighted by molar-refractivity contribution is -0.148. The maximum atomic E-state index is 11.6. The number of hydrogen-bond donors (Lipinski definition) is 0. The van der Waals surface area contributed by atoms with Crippen LogP contribution in [0, 0.1) is 12.8 Å². The molecule has 1 rings (SSSR count). The first-order chi connectivity index (χ1) is 11.2. The van der Waals surface area contributed by atoms with E-state index in [-0.39, 0.29) is 43.6 Å². The predicted octanol–water partition coefficient (Wildman–Crippen LogP) is 2.82. The van der Waals surface area contributed by atoms with Crippen LogP contribution in [0.25, 0.3) is 0 Å². The molecule has 0 heterocycles. The zero-order valence-corrected chi connectivity index (χ0v) is 14.8. The molecule has 0 saturated carbocycles. The first-order valence-corrected chi connectivity index (χ1v) is 7.75. The molecule has 1 aromatic rings. The zero-order valence-electron chi connectivity index (χ0n) is 14.8. The monoisotopic (exact) mass is 336 g/mol. The molecule has 1 aromatic carbocycles. The first-order valence-electron chi connectivity index (χ1n) is 7.75. The van der Waals surface area contributed by atoms with Gasteiger partial charge >= 0.3 is 17.9 Å². The molecule has 24 heavy (non-hydrogen) atoms. The summed E-state index contributed by atoms with van der Waals surface area (Å²) in [5.41, 5.74) is 3.19. The first kappa shape index (κ1) is 19.7. The van der Waals surface area contributed by atoms with E-state index >= 15 is 0 Å². The SMILES string of the molecule is CC(=O)OCc1cc(COC(=O)C(C)C)cc(COC(C)=O)c1C. The minimum absolute atomic E-state index is 0.109. The molecule has 0 N–H and O–H groups in total. The Balaban J connectivity index is 3.01. The molecule has 0 bridgehead atoms. The van der Waals surface area contributed by atoms with Crippen LogP contribution < -0.4 is 0 Å². The highest BCUT2D eigenvalue weighted by Crippen LogP contribution is 2.20. The van der Waals surface area contributed by atoms with Gasteiger partial charge in [-0.15, -0.1) is 0 Å². The molecule has 6 heteroatoms. The lowest BCUT2D eigenvalue weighted by atomic mass is 9.99. The maximum Gasteiger partial charge on any atom is 0.308 e. The molecule has 6 nitrogen and oxygen atoms in total. The van der Waals surface area contributed by atoms with Crippen molar-refractivity contribution in [2.24, 2.45) is 5.92 Å². The Labute approximate surface area is 142 Å². The van der Waals surface area contributed by atoms with Crippen LogP contribution in [0.2, 0.25) is 0 Å². The van der Waals surface area contributed by atoms with Gasteiger partial charge in [0.1, 0.15) is 19.8 Å². The van der Waals surface area contributed by atoms with Crippen LogP contribution in [0.4, 0.5) is 0 Å². The Morgan fingerprint density at radius 1 is 0.875 bits per heavy atom. The van der Waals surface area contributed by atoms with Crippen LogP contribution in [-0.2, 0) is 48.4 Å². The highest BCUT2D eigenvalue weighted by atomic mass is 16.5. The largest absolute Gasteiger partial charge is 0.461 e. The van der Waals surface area contributed by atoms with Crippen LogP contribution >= 0.6 is 0 Å². The second-order valence-corrected chi connectivity index (χ2v) is 5.86. The van der Waals surface area contributed by atoms with E-state index in [1.54, 1.807) is 13.8 Å². The Hall–Kier alpha value is -2.37. The van der Waals surface area contributed by atoms with Gasteiger partial charge < -0.3 is 14.2 Å². The lowest BCUT2D eigenvalue weighted by Gasteiger charge is -2.15. The molecule has 0 spiro atoms. The predicted molar refractivity (Wildman–Crippen MR) is 86.8 cm³/mol. The van der Waals surface area contributed by atoms with Gasteiger partial charge in [-0.05, 0) is 41.3 Å². The summed E-state index contributed by atoms with van der Waals surface area (Å²) in [6, 6.07) is 3.65. The quantitative estimate of drug-likeness (QED) is 0.563. The molecule has 132 valence electrons. The summed E-state index contributed by atoms with van der Waals surface area (Å²) in [5.74, 6) is -1.27. The number of rotatable bonds is 7. The molecule has 0 aliphatic carbocycles. The third-order valence-electron chi connectivity index (χ3n) is 3.40. The van der Waals surface area contributed by atoms with E-state index in [2.05, 4.69) is 0 Å². The number of carbonyl (C=O) groups excluding carboxylic acids is 3. The van der Waals surface area contributed by atoms with Crippen molar-refractivity contribution in [2.45, 2.75) is 54.4 Å². The normalized spacial score (nSPS) is 10.4. The fourth-order valence-corrected chi connectivity index (χ4v) is 1.98. The third kappa shape index (κ3) is 6.40. The smallest absolute Gasteiger partial charge is 0.308 e. The van der Waals surface area contributed by atoms with Gasteiger partial charge in [0.2, 0.25) is 0 Å². The van der Waals surface area contributed by atoms with E-state index in [4.69, 9.17) is 14.2 Å². The minimum Gasteiger partial charge on any atom is -0.461 e. The van der Waals surface area contributed by atoms with Crippen LogP contribution in [0.1, 0.15) is 49.9 Å². The topological polar surface area (TPSA) is 78.9 Å². The van der Waals surface area contributed by atoms with E-state index in [9.17, 15) is 14.4 Å². The maximum absolute atomic E-state index is 11.6. The Morgan fingerprint density at radius 3 is 1.71 bits per heavy atom. The molecule has 0 atom stereocenters. The molecule has 0 aliphatic heterocycles. The van der Waals surface area contributed by atoms with E-state index in [0.29, 0.717) is 0 Å². The molecule has 0 unspecified atom stereocenters. The summed E-state index contributed by atoms with van der Waals surface area (Å²) in [4.78, 5) is 33.7. The highest BCUT2D eigenvalue weighted by molar-refractivity contribution is 5.71. The minimum atomic E-state index is -0.382. The summed E-state index contributed by atoms with van der Waals surface area (Å²) in [6.07, 6.45) is 0. The van der Waals surface area contributed by atoms with Crippen LogP contribution in [-0.4, -0.2) is 17.9 Å². The van der Waals surface area contributed by atoms with Crippen molar-refractivity contribution < 1.29 is 28.6 Å². The Kier molecular flexibility index (Phi) is 7.42. The van der Waals surface area contributed by atoms with Crippen molar-refractivity contribution in [3.8, 4) is 0 Å². The fourth-order valence-electron chi connectivity index (χ4n) is 1.98. The van der Waals surface area contributed by atoms with Crippen molar-refractivity contribution >= 4 is 17.9 Å². The zero-order chi connectivity index (χ0) is 18.3. The van der Waals surface area contributed by atoms with Crippen LogP contribution in [0.5, 0.6) is 0 Å². The number of esters is 3. The van der Waals surface area contributed by atoms with Gasteiger partial charge in [0.05, 0.1) is 5.92 Å². The van der Waals surface area contributed by atoms with Crippen LogP contribution in [0.15, 0.2) is 12.1 Å². The molecule has 0 radical (unpaired) electrons. The van der Waals surface area contributed by atoms with Gasteiger partial charge in [0.25, 0.3) is 0 Å². The number of benzene rings is 1. The molecule has 0 aliphatic rings. The van der Waals surface area contributed by atoms with E-state index in [1.807, 2.05) is 19.1 Å². The molecule has 0 aromatic heterocycles. The van der Waals surface area contributed by atoms with Crippen molar-refractivity contribution in [1.29, 1.82) is 0 Å². The average Bonchev–Trinajstić information content (AvgIpc) is 2.50. The molecule has 0 saturated heterocycles. The second kappa shape index (κ2) is 9.05. The third-order valence-corrected chi connectivity index (χ3v) is 3.40. The lowest BCUT2D eigenvalue weighted by Crippen LogP contribution is -2.12.